The van der Waals surface area contributed by atoms with E-state index < -0.39 is 0 Å². The van der Waals surface area contributed by atoms with E-state index in [-0.39, 0.29) is 0 Å². The smallest absolute Gasteiger partial charge is 0.0462 e. The Labute approximate surface area is 98.9 Å². The molecule has 0 unspecified atom stereocenters. The highest BCUT2D eigenvalue weighted by Gasteiger charge is 2.21. The third kappa shape index (κ3) is 5.19. The first-order chi connectivity index (χ1) is 7.38. The molecular formula is C12H24ClNO. The standard InChI is InChI=1S/C12H24ClNO/c1-15-11-5-4-9-14(10-8-13)12-6-2-3-7-12/h12H,2-11H2,1H3. The Morgan fingerprint density at radius 1 is 1.20 bits per heavy atom. The van der Waals surface area contributed by atoms with E-state index in [1.807, 2.05) is 0 Å². The van der Waals surface area contributed by atoms with Crippen LogP contribution in [0.15, 0.2) is 0 Å². The molecule has 0 aliphatic heterocycles. The van der Waals surface area contributed by atoms with Crippen LogP contribution in [0.1, 0.15) is 38.5 Å². The fraction of sp³-hybridized carbons (Fsp3) is 1.00. The molecule has 90 valence electrons. The number of alkyl halides is 1. The van der Waals surface area contributed by atoms with Gasteiger partial charge in [0.15, 0.2) is 0 Å². The molecule has 1 rings (SSSR count). The van der Waals surface area contributed by atoms with Gasteiger partial charge in [0.1, 0.15) is 0 Å². The maximum atomic E-state index is 5.85. The topological polar surface area (TPSA) is 12.5 Å². The average Bonchev–Trinajstić information content (AvgIpc) is 2.76. The highest BCUT2D eigenvalue weighted by molar-refractivity contribution is 6.18. The summed E-state index contributed by atoms with van der Waals surface area (Å²) < 4.78 is 5.06. The second-order valence-electron chi connectivity index (χ2n) is 4.36. The van der Waals surface area contributed by atoms with Gasteiger partial charge in [-0.25, -0.2) is 0 Å². The summed E-state index contributed by atoms with van der Waals surface area (Å²) in [6.45, 7) is 3.14. The van der Waals surface area contributed by atoms with Crippen LogP contribution in [-0.4, -0.2) is 43.6 Å². The van der Waals surface area contributed by atoms with Crippen molar-refractivity contribution in [3.63, 3.8) is 0 Å². The van der Waals surface area contributed by atoms with Crippen LogP contribution in [0.4, 0.5) is 0 Å². The first-order valence-electron chi connectivity index (χ1n) is 6.17. The number of halogens is 1. The monoisotopic (exact) mass is 233 g/mol. The van der Waals surface area contributed by atoms with E-state index in [1.54, 1.807) is 7.11 Å². The third-order valence-corrected chi connectivity index (χ3v) is 3.43. The summed E-state index contributed by atoms with van der Waals surface area (Å²) in [5.74, 6) is 0.765. The summed E-state index contributed by atoms with van der Waals surface area (Å²) in [6, 6.07) is 0.811. The van der Waals surface area contributed by atoms with Gasteiger partial charge in [-0.1, -0.05) is 12.8 Å². The quantitative estimate of drug-likeness (QED) is 0.472. The number of unbranched alkanes of at least 4 members (excludes halogenated alkanes) is 1. The molecule has 0 heterocycles. The normalized spacial score (nSPS) is 17.8. The van der Waals surface area contributed by atoms with Gasteiger partial charge in [0.25, 0.3) is 0 Å². The highest BCUT2D eigenvalue weighted by Crippen LogP contribution is 2.23. The fourth-order valence-corrected chi connectivity index (χ4v) is 2.63. The first kappa shape index (κ1) is 13.3. The lowest BCUT2D eigenvalue weighted by molar-refractivity contribution is 0.171. The van der Waals surface area contributed by atoms with Gasteiger partial charge < -0.3 is 4.74 Å². The van der Waals surface area contributed by atoms with Crippen molar-refractivity contribution in [1.82, 2.24) is 4.90 Å². The van der Waals surface area contributed by atoms with Gasteiger partial charge >= 0.3 is 0 Å². The third-order valence-electron chi connectivity index (χ3n) is 3.26. The van der Waals surface area contributed by atoms with E-state index in [2.05, 4.69) is 4.90 Å². The molecule has 1 saturated carbocycles. The molecule has 0 spiro atoms. The van der Waals surface area contributed by atoms with Crippen LogP contribution in [-0.2, 0) is 4.74 Å². The average molecular weight is 234 g/mol. The maximum absolute atomic E-state index is 5.85. The number of hydrogen-bond acceptors (Lipinski definition) is 2. The zero-order valence-electron chi connectivity index (χ0n) is 9.88. The summed E-state index contributed by atoms with van der Waals surface area (Å²) in [5.41, 5.74) is 0. The summed E-state index contributed by atoms with van der Waals surface area (Å²) in [6.07, 6.45) is 7.97. The first-order valence-corrected chi connectivity index (χ1v) is 6.71. The molecule has 3 heteroatoms. The molecule has 0 N–H and O–H groups in total. The van der Waals surface area contributed by atoms with Crippen LogP contribution < -0.4 is 0 Å². The Morgan fingerprint density at radius 2 is 1.93 bits per heavy atom. The molecule has 15 heavy (non-hydrogen) atoms. The van der Waals surface area contributed by atoms with E-state index >= 15 is 0 Å². The largest absolute Gasteiger partial charge is 0.385 e. The summed E-state index contributed by atoms with van der Waals surface area (Å²) in [4.78, 5) is 2.58. The van der Waals surface area contributed by atoms with E-state index in [4.69, 9.17) is 16.3 Å². The molecule has 0 aromatic rings. The van der Waals surface area contributed by atoms with Gasteiger partial charge in [-0.3, -0.25) is 4.90 Å². The molecule has 1 aliphatic rings. The van der Waals surface area contributed by atoms with E-state index in [9.17, 15) is 0 Å². The number of rotatable bonds is 8. The molecule has 0 aromatic carbocycles. The minimum Gasteiger partial charge on any atom is -0.385 e. The number of hydrogen-bond donors (Lipinski definition) is 0. The molecule has 2 nitrogen and oxygen atoms in total. The van der Waals surface area contributed by atoms with Crippen LogP contribution in [0.25, 0.3) is 0 Å². The summed E-state index contributed by atoms with van der Waals surface area (Å²) >= 11 is 5.85. The minimum absolute atomic E-state index is 0.765. The Balaban J connectivity index is 2.17. The van der Waals surface area contributed by atoms with Gasteiger partial charge in [-0.15, -0.1) is 11.6 Å². The number of nitrogens with zero attached hydrogens (tertiary/aromatic N) is 1. The van der Waals surface area contributed by atoms with Gasteiger partial charge in [0, 0.05) is 32.2 Å². The van der Waals surface area contributed by atoms with Crippen molar-refractivity contribution >= 4 is 11.6 Å². The Kier molecular flexibility index (Phi) is 7.41. The Hall–Kier alpha value is 0.210. The van der Waals surface area contributed by atoms with E-state index in [0.717, 1.165) is 25.1 Å². The van der Waals surface area contributed by atoms with Crippen molar-refractivity contribution < 1.29 is 4.74 Å². The molecular weight excluding hydrogens is 210 g/mol. The highest BCUT2D eigenvalue weighted by atomic mass is 35.5. The summed E-state index contributed by atoms with van der Waals surface area (Å²) in [7, 11) is 1.77. The lowest BCUT2D eigenvalue weighted by Gasteiger charge is -2.27. The molecule has 1 fully saturated rings. The molecule has 0 atom stereocenters. The number of methoxy groups -OCH3 is 1. The van der Waals surface area contributed by atoms with Gasteiger partial charge in [0.2, 0.25) is 0 Å². The van der Waals surface area contributed by atoms with Crippen LogP contribution >= 0.6 is 11.6 Å². The van der Waals surface area contributed by atoms with Crippen molar-refractivity contribution in [1.29, 1.82) is 0 Å². The molecule has 0 amide bonds. The Bertz CT molecular complexity index is 149. The number of ether oxygens (including phenoxy) is 1. The zero-order valence-corrected chi connectivity index (χ0v) is 10.6. The lowest BCUT2D eigenvalue weighted by Crippen LogP contribution is -2.35. The van der Waals surface area contributed by atoms with Crippen LogP contribution in [0.5, 0.6) is 0 Å². The molecule has 1 aliphatic carbocycles. The second kappa shape index (κ2) is 8.37. The fourth-order valence-electron chi connectivity index (χ4n) is 2.42. The van der Waals surface area contributed by atoms with Crippen LogP contribution in [0.3, 0.4) is 0 Å². The van der Waals surface area contributed by atoms with Crippen molar-refractivity contribution in [3.05, 3.63) is 0 Å². The van der Waals surface area contributed by atoms with Crippen molar-refractivity contribution in [2.45, 2.75) is 44.6 Å². The van der Waals surface area contributed by atoms with Crippen molar-refractivity contribution in [2.24, 2.45) is 0 Å². The predicted octanol–water partition coefficient (Wildman–Crippen LogP) is 2.90. The van der Waals surface area contributed by atoms with E-state index in [0.29, 0.717) is 0 Å². The second-order valence-corrected chi connectivity index (χ2v) is 4.74. The predicted molar refractivity (Wildman–Crippen MR) is 65.7 cm³/mol. The molecule has 0 bridgehead atoms. The zero-order chi connectivity index (χ0) is 10.9. The van der Waals surface area contributed by atoms with Crippen LogP contribution in [0.2, 0.25) is 0 Å². The lowest BCUT2D eigenvalue weighted by atomic mass is 10.2. The molecule has 0 saturated heterocycles. The van der Waals surface area contributed by atoms with Crippen molar-refractivity contribution in [2.75, 3.05) is 32.7 Å². The van der Waals surface area contributed by atoms with Gasteiger partial charge in [-0.2, -0.15) is 0 Å². The minimum atomic E-state index is 0.765. The molecule has 0 radical (unpaired) electrons. The molecule has 0 aromatic heterocycles. The maximum Gasteiger partial charge on any atom is 0.0462 e. The van der Waals surface area contributed by atoms with Crippen molar-refractivity contribution in [3.8, 4) is 0 Å². The van der Waals surface area contributed by atoms with E-state index in [1.165, 1.54) is 45.1 Å². The SMILES string of the molecule is COCCCCN(CCCl)C1CCCC1. The van der Waals surface area contributed by atoms with Gasteiger partial charge in [-0.05, 0) is 32.2 Å². The van der Waals surface area contributed by atoms with Crippen LogP contribution in [0, 0.1) is 0 Å². The summed E-state index contributed by atoms with van der Waals surface area (Å²) in [5, 5.41) is 0. The Morgan fingerprint density at radius 3 is 2.53 bits per heavy atom. The van der Waals surface area contributed by atoms with Gasteiger partial charge in [0.05, 0.1) is 0 Å².